The number of aryl methyl sites for hydroxylation is 1. The van der Waals surface area contributed by atoms with Crippen LogP contribution in [0.4, 0.5) is 13.2 Å². The normalized spacial score (nSPS) is 14.4. The third kappa shape index (κ3) is 2.29. The highest BCUT2D eigenvalue weighted by atomic mass is 19.4. The molecule has 0 saturated carbocycles. The fourth-order valence-corrected chi connectivity index (χ4v) is 1.21. The van der Waals surface area contributed by atoms with Crippen LogP contribution in [0.3, 0.4) is 0 Å². The molecule has 2 nitrogen and oxygen atoms in total. The van der Waals surface area contributed by atoms with Gasteiger partial charge in [-0.1, -0.05) is 6.92 Å². The van der Waals surface area contributed by atoms with Crippen molar-refractivity contribution in [3.05, 3.63) is 23.7 Å². The first kappa shape index (κ1) is 11.1. The van der Waals surface area contributed by atoms with Crippen LogP contribution in [0.15, 0.2) is 16.5 Å². The van der Waals surface area contributed by atoms with Gasteiger partial charge in [0.25, 0.3) is 0 Å². The molecule has 0 amide bonds. The molecule has 14 heavy (non-hydrogen) atoms. The van der Waals surface area contributed by atoms with Gasteiger partial charge in [0, 0.05) is 6.42 Å². The summed E-state index contributed by atoms with van der Waals surface area (Å²) in [5, 5.41) is 2.18. The van der Waals surface area contributed by atoms with Crippen LogP contribution in [0.5, 0.6) is 0 Å². The molecule has 1 aromatic heterocycles. The van der Waals surface area contributed by atoms with E-state index in [4.69, 9.17) is 4.42 Å². The second-order valence-electron chi connectivity index (χ2n) is 2.92. The van der Waals surface area contributed by atoms with Gasteiger partial charge in [-0.25, -0.2) is 0 Å². The molecule has 0 aliphatic rings. The monoisotopic (exact) mass is 207 g/mol. The van der Waals surface area contributed by atoms with E-state index in [-0.39, 0.29) is 5.76 Å². The second kappa shape index (κ2) is 4.04. The zero-order valence-corrected chi connectivity index (χ0v) is 7.98. The lowest BCUT2D eigenvalue weighted by Gasteiger charge is -2.16. The predicted molar refractivity (Wildman–Crippen MR) is 45.9 cm³/mol. The summed E-state index contributed by atoms with van der Waals surface area (Å²) in [6.45, 7) is 1.82. The summed E-state index contributed by atoms with van der Waals surface area (Å²) in [6.07, 6.45) is -3.73. The Morgan fingerprint density at radius 2 is 2.07 bits per heavy atom. The summed E-state index contributed by atoms with van der Waals surface area (Å²) in [5.41, 5.74) is 0. The lowest BCUT2D eigenvalue weighted by atomic mass is 10.2. The van der Waals surface area contributed by atoms with Crippen molar-refractivity contribution in [2.24, 2.45) is 0 Å². The van der Waals surface area contributed by atoms with E-state index in [0.29, 0.717) is 12.2 Å². The summed E-state index contributed by atoms with van der Waals surface area (Å²) in [6, 6.07) is 1.20. The van der Waals surface area contributed by atoms with Crippen LogP contribution in [0.2, 0.25) is 0 Å². The summed E-state index contributed by atoms with van der Waals surface area (Å²) in [7, 11) is 1.26. The van der Waals surface area contributed by atoms with E-state index in [9.17, 15) is 13.2 Å². The van der Waals surface area contributed by atoms with Crippen molar-refractivity contribution in [1.82, 2.24) is 5.32 Å². The van der Waals surface area contributed by atoms with E-state index in [1.165, 1.54) is 13.1 Å². The second-order valence-corrected chi connectivity index (χ2v) is 2.92. The smallest absolute Gasteiger partial charge is 0.410 e. The lowest BCUT2D eigenvalue weighted by Crippen LogP contribution is -2.31. The highest BCUT2D eigenvalue weighted by molar-refractivity contribution is 5.12. The van der Waals surface area contributed by atoms with Crippen LogP contribution in [0.25, 0.3) is 0 Å². The van der Waals surface area contributed by atoms with Crippen molar-refractivity contribution in [3.8, 4) is 0 Å². The molecule has 1 heterocycles. The van der Waals surface area contributed by atoms with E-state index in [1.54, 1.807) is 6.07 Å². The highest BCUT2D eigenvalue weighted by Crippen LogP contribution is 2.33. The zero-order chi connectivity index (χ0) is 10.8. The van der Waals surface area contributed by atoms with E-state index in [0.717, 1.165) is 0 Å². The Morgan fingerprint density at radius 1 is 1.43 bits per heavy atom. The van der Waals surface area contributed by atoms with Gasteiger partial charge in [0.05, 0.1) is 0 Å². The summed E-state index contributed by atoms with van der Waals surface area (Å²) in [4.78, 5) is 0. The Morgan fingerprint density at radius 3 is 2.43 bits per heavy atom. The van der Waals surface area contributed by atoms with Crippen LogP contribution in [0.1, 0.15) is 24.5 Å². The molecule has 0 aliphatic heterocycles. The molecule has 5 heteroatoms. The maximum atomic E-state index is 12.4. The molecule has 0 saturated heterocycles. The quantitative estimate of drug-likeness (QED) is 0.824. The van der Waals surface area contributed by atoms with Gasteiger partial charge in [-0.05, 0) is 19.2 Å². The van der Waals surface area contributed by atoms with Gasteiger partial charge in [0.15, 0.2) is 6.04 Å². The molecule has 0 aliphatic carbocycles. The Bertz CT molecular complexity index is 292. The van der Waals surface area contributed by atoms with Gasteiger partial charge >= 0.3 is 6.18 Å². The van der Waals surface area contributed by atoms with Crippen LogP contribution in [-0.2, 0) is 6.42 Å². The average Bonchev–Trinajstić information content (AvgIpc) is 2.51. The van der Waals surface area contributed by atoms with Crippen molar-refractivity contribution in [3.63, 3.8) is 0 Å². The van der Waals surface area contributed by atoms with Gasteiger partial charge in [-0.15, -0.1) is 0 Å². The van der Waals surface area contributed by atoms with Gasteiger partial charge in [0.2, 0.25) is 0 Å². The molecule has 1 rings (SSSR count). The number of nitrogens with one attached hydrogen (secondary N) is 1. The van der Waals surface area contributed by atoms with Crippen molar-refractivity contribution in [2.75, 3.05) is 7.05 Å². The molecule has 0 bridgehead atoms. The Balaban J connectivity index is 2.90. The Labute approximate surface area is 80.1 Å². The first-order valence-electron chi connectivity index (χ1n) is 4.31. The topological polar surface area (TPSA) is 25.2 Å². The third-order valence-corrected chi connectivity index (χ3v) is 1.93. The first-order valence-corrected chi connectivity index (χ1v) is 4.31. The van der Waals surface area contributed by atoms with Crippen molar-refractivity contribution in [1.29, 1.82) is 0 Å². The summed E-state index contributed by atoms with van der Waals surface area (Å²) < 4.78 is 42.2. The number of rotatable bonds is 3. The summed E-state index contributed by atoms with van der Waals surface area (Å²) >= 11 is 0. The van der Waals surface area contributed by atoms with Crippen LogP contribution >= 0.6 is 0 Å². The van der Waals surface area contributed by atoms with Gasteiger partial charge in [-0.3, -0.25) is 0 Å². The van der Waals surface area contributed by atoms with E-state index in [2.05, 4.69) is 5.32 Å². The molecule has 0 radical (unpaired) electrons. The molecular weight excluding hydrogens is 195 g/mol. The zero-order valence-electron chi connectivity index (χ0n) is 7.98. The Kier molecular flexibility index (Phi) is 3.21. The Hall–Kier alpha value is -0.970. The number of halogens is 3. The minimum Gasteiger partial charge on any atom is -0.464 e. The molecule has 1 aromatic rings. The van der Waals surface area contributed by atoms with Crippen molar-refractivity contribution >= 4 is 0 Å². The number of hydrogen-bond acceptors (Lipinski definition) is 2. The number of hydrogen-bond donors (Lipinski definition) is 1. The van der Waals surface area contributed by atoms with Crippen LogP contribution in [-0.4, -0.2) is 13.2 Å². The average molecular weight is 207 g/mol. The minimum atomic E-state index is -4.32. The molecular formula is C9H12F3NO. The molecule has 0 aromatic carbocycles. The third-order valence-electron chi connectivity index (χ3n) is 1.93. The largest absolute Gasteiger partial charge is 0.464 e. The molecule has 1 atom stereocenters. The molecule has 1 unspecified atom stereocenters. The van der Waals surface area contributed by atoms with E-state index < -0.39 is 12.2 Å². The minimum absolute atomic E-state index is 0.0862. The van der Waals surface area contributed by atoms with E-state index >= 15 is 0 Å². The summed E-state index contributed by atoms with van der Waals surface area (Å²) in [5.74, 6) is 0.473. The van der Waals surface area contributed by atoms with Crippen molar-refractivity contribution < 1.29 is 17.6 Å². The SMILES string of the molecule is CCc1ccc(C(NC)C(F)(F)F)o1. The number of alkyl halides is 3. The van der Waals surface area contributed by atoms with Gasteiger partial charge < -0.3 is 9.73 Å². The maximum absolute atomic E-state index is 12.4. The fraction of sp³-hybridized carbons (Fsp3) is 0.556. The lowest BCUT2D eigenvalue weighted by molar-refractivity contribution is -0.160. The standard InChI is InChI=1S/C9H12F3NO/c1-3-6-4-5-7(14-6)8(13-2)9(10,11)12/h4-5,8,13H,3H2,1-2H3. The van der Waals surface area contributed by atoms with Gasteiger partial charge in [-0.2, -0.15) is 13.2 Å². The predicted octanol–water partition coefficient (Wildman–Crippen LogP) is 2.66. The maximum Gasteiger partial charge on any atom is 0.410 e. The fourth-order valence-electron chi connectivity index (χ4n) is 1.21. The highest BCUT2D eigenvalue weighted by Gasteiger charge is 2.41. The molecule has 0 fully saturated rings. The molecule has 0 spiro atoms. The van der Waals surface area contributed by atoms with Crippen LogP contribution < -0.4 is 5.32 Å². The first-order chi connectivity index (χ1) is 6.49. The molecule has 1 N–H and O–H groups in total. The number of furan rings is 1. The van der Waals surface area contributed by atoms with E-state index in [1.807, 2.05) is 6.92 Å². The van der Waals surface area contributed by atoms with Crippen molar-refractivity contribution in [2.45, 2.75) is 25.6 Å². The van der Waals surface area contributed by atoms with Gasteiger partial charge in [0.1, 0.15) is 11.5 Å². The molecule has 80 valence electrons. The van der Waals surface area contributed by atoms with Crippen LogP contribution in [0, 0.1) is 0 Å².